The van der Waals surface area contributed by atoms with Crippen LogP contribution in [0.2, 0.25) is 0 Å². The Morgan fingerprint density at radius 1 is 1.40 bits per heavy atom. The lowest BCUT2D eigenvalue weighted by molar-refractivity contribution is 0.389. The number of imidazole rings is 1. The van der Waals surface area contributed by atoms with Gasteiger partial charge in [0.25, 0.3) is 0 Å². The summed E-state index contributed by atoms with van der Waals surface area (Å²) in [6.45, 7) is 12.9. The van der Waals surface area contributed by atoms with Gasteiger partial charge in [0.2, 0.25) is 5.95 Å². The second-order valence-electron chi connectivity index (χ2n) is 5.23. The average molecular weight is 209 g/mol. The Hall–Kier alpha value is -0.990. The monoisotopic (exact) mass is 209 g/mol. The summed E-state index contributed by atoms with van der Waals surface area (Å²) in [5.41, 5.74) is 1.46. The van der Waals surface area contributed by atoms with Gasteiger partial charge >= 0.3 is 0 Å². The number of hydrogen-bond donors (Lipinski definition) is 1. The normalized spacial score (nSPS) is 11.8. The summed E-state index contributed by atoms with van der Waals surface area (Å²) in [6, 6.07) is 0. The lowest BCUT2D eigenvalue weighted by Gasteiger charge is -2.18. The zero-order chi connectivity index (χ0) is 11.5. The van der Waals surface area contributed by atoms with Gasteiger partial charge in [-0.05, 0) is 25.7 Å². The van der Waals surface area contributed by atoms with Gasteiger partial charge in [0.15, 0.2) is 0 Å². The Labute approximate surface area is 92.9 Å². The fourth-order valence-corrected chi connectivity index (χ4v) is 1.48. The molecular weight excluding hydrogens is 186 g/mol. The van der Waals surface area contributed by atoms with Crippen molar-refractivity contribution in [1.29, 1.82) is 0 Å². The molecule has 0 atom stereocenters. The molecule has 1 rings (SSSR count). The van der Waals surface area contributed by atoms with Crippen LogP contribution < -0.4 is 5.32 Å². The molecule has 0 aliphatic rings. The molecule has 0 spiro atoms. The van der Waals surface area contributed by atoms with Gasteiger partial charge in [-0.2, -0.15) is 0 Å². The van der Waals surface area contributed by atoms with Crippen molar-refractivity contribution in [2.24, 2.45) is 5.41 Å². The summed E-state index contributed by atoms with van der Waals surface area (Å²) in [4.78, 5) is 4.45. The molecule has 0 aromatic carbocycles. The van der Waals surface area contributed by atoms with Gasteiger partial charge in [-0.25, -0.2) is 4.98 Å². The fourth-order valence-electron chi connectivity index (χ4n) is 1.48. The fraction of sp³-hybridized carbons (Fsp3) is 0.750. The summed E-state index contributed by atoms with van der Waals surface area (Å²) >= 11 is 0. The SMILES string of the molecule is CCn1cc(C)nc1NCCC(C)(C)C. The maximum Gasteiger partial charge on any atom is 0.203 e. The highest BCUT2D eigenvalue weighted by Crippen LogP contribution is 2.18. The summed E-state index contributed by atoms with van der Waals surface area (Å²) in [7, 11) is 0. The second-order valence-corrected chi connectivity index (χ2v) is 5.23. The van der Waals surface area contributed by atoms with E-state index in [9.17, 15) is 0 Å². The molecule has 0 saturated carbocycles. The van der Waals surface area contributed by atoms with Crippen LogP contribution in [-0.2, 0) is 6.54 Å². The molecule has 0 fully saturated rings. The van der Waals surface area contributed by atoms with Crippen LogP contribution in [0.25, 0.3) is 0 Å². The van der Waals surface area contributed by atoms with Gasteiger partial charge < -0.3 is 9.88 Å². The number of aromatic nitrogens is 2. The first-order valence-electron chi connectivity index (χ1n) is 5.70. The van der Waals surface area contributed by atoms with Crippen LogP contribution >= 0.6 is 0 Å². The minimum atomic E-state index is 0.381. The van der Waals surface area contributed by atoms with Crippen molar-refractivity contribution in [1.82, 2.24) is 9.55 Å². The molecule has 0 saturated heterocycles. The molecular formula is C12H23N3. The van der Waals surface area contributed by atoms with Gasteiger partial charge in [0, 0.05) is 19.3 Å². The number of anilines is 1. The molecule has 1 aromatic rings. The van der Waals surface area contributed by atoms with E-state index >= 15 is 0 Å². The van der Waals surface area contributed by atoms with E-state index in [0.29, 0.717) is 5.41 Å². The Balaban J connectivity index is 2.50. The number of aryl methyl sites for hydroxylation is 2. The van der Waals surface area contributed by atoms with Crippen molar-refractivity contribution in [2.75, 3.05) is 11.9 Å². The highest BCUT2D eigenvalue weighted by Gasteiger charge is 2.10. The standard InChI is InChI=1S/C12H23N3/c1-6-15-9-10(2)14-11(15)13-8-7-12(3,4)5/h9H,6-8H2,1-5H3,(H,13,14). The predicted molar refractivity (Wildman–Crippen MR) is 65.2 cm³/mol. The van der Waals surface area contributed by atoms with E-state index in [1.165, 1.54) is 0 Å². The molecule has 0 aliphatic carbocycles. The van der Waals surface area contributed by atoms with Gasteiger partial charge in [-0.1, -0.05) is 20.8 Å². The lowest BCUT2D eigenvalue weighted by atomic mass is 9.92. The average Bonchev–Trinajstić information content (AvgIpc) is 2.44. The minimum Gasteiger partial charge on any atom is -0.356 e. The molecule has 3 nitrogen and oxygen atoms in total. The molecule has 1 N–H and O–H groups in total. The quantitative estimate of drug-likeness (QED) is 0.826. The number of hydrogen-bond acceptors (Lipinski definition) is 2. The first kappa shape index (κ1) is 12.1. The van der Waals surface area contributed by atoms with E-state index in [1.54, 1.807) is 0 Å². The highest BCUT2D eigenvalue weighted by atomic mass is 15.2. The summed E-state index contributed by atoms with van der Waals surface area (Å²) in [5, 5.41) is 3.39. The maximum atomic E-state index is 4.45. The molecule has 0 bridgehead atoms. The zero-order valence-corrected chi connectivity index (χ0v) is 10.6. The van der Waals surface area contributed by atoms with Crippen molar-refractivity contribution < 1.29 is 0 Å². The van der Waals surface area contributed by atoms with Crippen LogP contribution in [0.4, 0.5) is 5.95 Å². The number of nitrogens with one attached hydrogen (secondary N) is 1. The summed E-state index contributed by atoms with van der Waals surface area (Å²) < 4.78 is 2.15. The second kappa shape index (κ2) is 4.69. The van der Waals surface area contributed by atoms with Crippen molar-refractivity contribution >= 4 is 5.95 Å². The first-order valence-corrected chi connectivity index (χ1v) is 5.70. The molecule has 0 unspecified atom stereocenters. The third kappa shape index (κ3) is 3.94. The van der Waals surface area contributed by atoms with E-state index < -0.39 is 0 Å². The van der Waals surface area contributed by atoms with Gasteiger partial charge in [0.1, 0.15) is 0 Å². The van der Waals surface area contributed by atoms with Gasteiger partial charge in [0.05, 0.1) is 5.69 Å². The van der Waals surface area contributed by atoms with Crippen LogP contribution in [-0.4, -0.2) is 16.1 Å². The van der Waals surface area contributed by atoms with Crippen molar-refractivity contribution in [2.45, 2.75) is 47.6 Å². The number of rotatable bonds is 4. The van der Waals surface area contributed by atoms with E-state index in [1.807, 2.05) is 6.92 Å². The topological polar surface area (TPSA) is 29.9 Å². The van der Waals surface area contributed by atoms with E-state index in [-0.39, 0.29) is 0 Å². The third-order valence-electron chi connectivity index (χ3n) is 2.40. The molecule has 1 aromatic heterocycles. The van der Waals surface area contributed by atoms with E-state index in [2.05, 4.69) is 48.8 Å². The molecule has 3 heteroatoms. The maximum absolute atomic E-state index is 4.45. The van der Waals surface area contributed by atoms with Crippen molar-refractivity contribution in [3.8, 4) is 0 Å². The molecule has 86 valence electrons. The Morgan fingerprint density at radius 2 is 2.07 bits per heavy atom. The molecule has 15 heavy (non-hydrogen) atoms. The summed E-state index contributed by atoms with van der Waals surface area (Å²) in [6.07, 6.45) is 3.24. The van der Waals surface area contributed by atoms with Crippen LogP contribution in [0.15, 0.2) is 6.20 Å². The molecule has 0 aliphatic heterocycles. The Kier molecular flexibility index (Phi) is 3.77. The van der Waals surface area contributed by atoms with Gasteiger partial charge in [-0.15, -0.1) is 0 Å². The minimum absolute atomic E-state index is 0.381. The Bertz CT molecular complexity index is 307. The largest absolute Gasteiger partial charge is 0.356 e. The number of nitrogens with zero attached hydrogens (tertiary/aromatic N) is 2. The smallest absolute Gasteiger partial charge is 0.203 e. The molecule has 0 amide bonds. The Morgan fingerprint density at radius 3 is 2.60 bits per heavy atom. The first-order chi connectivity index (χ1) is 6.92. The van der Waals surface area contributed by atoms with Crippen LogP contribution in [0.3, 0.4) is 0 Å². The van der Waals surface area contributed by atoms with Crippen LogP contribution in [0, 0.1) is 12.3 Å². The van der Waals surface area contributed by atoms with E-state index in [0.717, 1.165) is 31.2 Å². The molecule has 1 heterocycles. The van der Waals surface area contributed by atoms with E-state index in [4.69, 9.17) is 0 Å². The highest BCUT2D eigenvalue weighted by molar-refractivity contribution is 5.28. The third-order valence-corrected chi connectivity index (χ3v) is 2.40. The molecule has 0 radical (unpaired) electrons. The summed E-state index contributed by atoms with van der Waals surface area (Å²) in [5.74, 6) is 0.999. The van der Waals surface area contributed by atoms with Crippen molar-refractivity contribution in [3.63, 3.8) is 0 Å². The lowest BCUT2D eigenvalue weighted by Crippen LogP contribution is -2.15. The van der Waals surface area contributed by atoms with Crippen LogP contribution in [0.5, 0.6) is 0 Å². The van der Waals surface area contributed by atoms with Crippen molar-refractivity contribution in [3.05, 3.63) is 11.9 Å². The predicted octanol–water partition coefficient (Wildman–Crippen LogP) is 3.06. The van der Waals surface area contributed by atoms with Gasteiger partial charge in [-0.3, -0.25) is 0 Å². The van der Waals surface area contributed by atoms with Crippen LogP contribution in [0.1, 0.15) is 39.8 Å². The zero-order valence-electron chi connectivity index (χ0n) is 10.6.